The van der Waals surface area contributed by atoms with Gasteiger partial charge in [-0.25, -0.2) is 0 Å². The number of ether oxygens (including phenoxy) is 1. The highest BCUT2D eigenvalue weighted by molar-refractivity contribution is 5.00. The maximum Gasteiger partial charge on any atom is 0.101 e. The van der Waals surface area contributed by atoms with Gasteiger partial charge < -0.3 is 10.5 Å². The molecule has 4 heteroatoms. The fourth-order valence-electron chi connectivity index (χ4n) is 2.64. The van der Waals surface area contributed by atoms with E-state index in [4.69, 9.17) is 15.7 Å². The third kappa shape index (κ3) is 5.34. The zero-order chi connectivity index (χ0) is 13.8. The number of nitrogens with two attached hydrogens (primary N) is 1. The molecule has 0 amide bonds. The lowest BCUT2D eigenvalue weighted by molar-refractivity contribution is -0.128. The van der Waals surface area contributed by atoms with Crippen LogP contribution in [0.15, 0.2) is 0 Å². The summed E-state index contributed by atoms with van der Waals surface area (Å²) in [5.41, 5.74) is 5.09. The Kier molecular flexibility index (Phi) is 5.15. The van der Waals surface area contributed by atoms with Crippen molar-refractivity contribution in [3.63, 3.8) is 0 Å². The summed E-state index contributed by atoms with van der Waals surface area (Å²) in [5, 5.41) is 8.84. The monoisotopic (exact) mass is 253 g/mol. The fourth-order valence-corrected chi connectivity index (χ4v) is 2.64. The minimum atomic E-state index is -0.669. The molecule has 18 heavy (non-hydrogen) atoms. The third-order valence-corrected chi connectivity index (χ3v) is 3.32. The topological polar surface area (TPSA) is 62.3 Å². The Bertz CT molecular complexity index is 307. The van der Waals surface area contributed by atoms with E-state index in [1.54, 1.807) is 6.92 Å². The van der Waals surface area contributed by atoms with Gasteiger partial charge in [-0.05, 0) is 53.5 Å². The van der Waals surface area contributed by atoms with Crippen molar-refractivity contribution in [2.45, 2.75) is 64.2 Å². The number of nitriles is 1. The molecular weight excluding hydrogens is 226 g/mol. The molecule has 1 fully saturated rings. The van der Waals surface area contributed by atoms with Crippen LogP contribution >= 0.6 is 0 Å². The Labute approximate surface area is 111 Å². The lowest BCUT2D eigenvalue weighted by Crippen LogP contribution is -2.52. The van der Waals surface area contributed by atoms with Crippen LogP contribution in [0, 0.1) is 11.3 Å². The van der Waals surface area contributed by atoms with Gasteiger partial charge in [0.15, 0.2) is 0 Å². The maximum atomic E-state index is 8.84. The highest BCUT2D eigenvalue weighted by Crippen LogP contribution is 2.21. The molecule has 4 nitrogen and oxygen atoms in total. The summed E-state index contributed by atoms with van der Waals surface area (Å²) < 4.78 is 5.88. The molecule has 0 radical (unpaired) electrons. The van der Waals surface area contributed by atoms with Crippen LogP contribution in [0.2, 0.25) is 0 Å². The molecule has 1 aliphatic rings. The Morgan fingerprint density at radius 1 is 1.50 bits per heavy atom. The van der Waals surface area contributed by atoms with Crippen molar-refractivity contribution in [2.24, 2.45) is 5.73 Å². The molecule has 104 valence electrons. The Balaban J connectivity index is 2.26. The summed E-state index contributed by atoms with van der Waals surface area (Å²) in [6, 6.07) is 2.14. The molecule has 1 rings (SSSR count). The van der Waals surface area contributed by atoms with Crippen LogP contribution < -0.4 is 5.73 Å². The number of rotatable bonds is 5. The molecule has 0 aliphatic carbocycles. The number of hydrogen-bond acceptors (Lipinski definition) is 4. The Morgan fingerprint density at radius 2 is 2.17 bits per heavy atom. The first-order chi connectivity index (χ1) is 8.24. The summed E-state index contributed by atoms with van der Waals surface area (Å²) in [6.45, 7) is 11.3. The van der Waals surface area contributed by atoms with Crippen molar-refractivity contribution in [3.05, 3.63) is 0 Å². The first kappa shape index (κ1) is 15.4. The number of nitrogens with zero attached hydrogens (tertiary/aromatic N) is 2. The van der Waals surface area contributed by atoms with Crippen LogP contribution in [0.25, 0.3) is 0 Å². The summed E-state index contributed by atoms with van der Waals surface area (Å²) in [4.78, 5) is 2.45. The standard InChI is InChI=1S/C14H27N3O/c1-12-9-17(11-13(2,3)18-12)8-6-5-7-14(4,16)10-15/h12H,5-9,11,16H2,1-4H3. The lowest BCUT2D eigenvalue weighted by Gasteiger charge is -2.41. The zero-order valence-electron chi connectivity index (χ0n) is 12.2. The molecule has 0 aromatic rings. The molecule has 0 spiro atoms. The van der Waals surface area contributed by atoms with Gasteiger partial charge in [-0.1, -0.05) is 0 Å². The second kappa shape index (κ2) is 6.01. The molecule has 1 saturated heterocycles. The van der Waals surface area contributed by atoms with E-state index in [0.29, 0.717) is 6.10 Å². The van der Waals surface area contributed by atoms with E-state index in [2.05, 4.69) is 31.7 Å². The van der Waals surface area contributed by atoms with Gasteiger partial charge in [0.25, 0.3) is 0 Å². The van der Waals surface area contributed by atoms with E-state index in [0.717, 1.165) is 38.9 Å². The van der Waals surface area contributed by atoms with Crippen LogP contribution in [0.1, 0.15) is 47.0 Å². The SMILES string of the molecule is CC1CN(CCCCC(C)(N)C#N)CC(C)(C)O1. The van der Waals surface area contributed by atoms with Crippen molar-refractivity contribution < 1.29 is 4.74 Å². The van der Waals surface area contributed by atoms with Crippen LogP contribution in [0.5, 0.6) is 0 Å². The third-order valence-electron chi connectivity index (χ3n) is 3.32. The molecular formula is C14H27N3O. The largest absolute Gasteiger partial charge is 0.370 e. The number of hydrogen-bond donors (Lipinski definition) is 1. The average Bonchev–Trinajstić information content (AvgIpc) is 2.22. The Hall–Kier alpha value is -0.630. The predicted molar refractivity (Wildman–Crippen MR) is 73.1 cm³/mol. The second-order valence-electron chi connectivity index (χ2n) is 6.41. The predicted octanol–water partition coefficient (Wildman–Crippen LogP) is 1.90. The smallest absolute Gasteiger partial charge is 0.101 e. The summed E-state index contributed by atoms with van der Waals surface area (Å²) in [5.74, 6) is 0. The minimum absolute atomic E-state index is 0.0489. The van der Waals surface area contributed by atoms with E-state index in [1.807, 2.05) is 0 Å². The van der Waals surface area contributed by atoms with Gasteiger partial charge in [-0.3, -0.25) is 4.90 Å². The molecule has 1 heterocycles. The molecule has 1 aliphatic heterocycles. The van der Waals surface area contributed by atoms with Gasteiger partial charge in [-0.2, -0.15) is 5.26 Å². The van der Waals surface area contributed by atoms with Gasteiger partial charge in [0.2, 0.25) is 0 Å². The first-order valence-corrected chi connectivity index (χ1v) is 6.84. The summed E-state index contributed by atoms with van der Waals surface area (Å²) in [7, 11) is 0. The van der Waals surface area contributed by atoms with Crippen molar-refractivity contribution in [1.82, 2.24) is 4.90 Å². The van der Waals surface area contributed by atoms with E-state index in [-0.39, 0.29) is 5.60 Å². The van der Waals surface area contributed by atoms with E-state index < -0.39 is 5.54 Å². The van der Waals surface area contributed by atoms with Gasteiger partial charge >= 0.3 is 0 Å². The highest BCUT2D eigenvalue weighted by atomic mass is 16.5. The van der Waals surface area contributed by atoms with Crippen LogP contribution in [-0.4, -0.2) is 41.8 Å². The normalized spacial score (nSPS) is 27.4. The van der Waals surface area contributed by atoms with Gasteiger partial charge in [0.1, 0.15) is 5.54 Å². The van der Waals surface area contributed by atoms with Crippen LogP contribution in [-0.2, 0) is 4.74 Å². The van der Waals surface area contributed by atoms with Gasteiger partial charge in [0.05, 0.1) is 17.8 Å². The molecule has 2 N–H and O–H groups in total. The zero-order valence-corrected chi connectivity index (χ0v) is 12.2. The molecule has 2 unspecified atom stereocenters. The average molecular weight is 253 g/mol. The van der Waals surface area contributed by atoms with Crippen molar-refractivity contribution in [1.29, 1.82) is 5.26 Å². The van der Waals surface area contributed by atoms with Crippen molar-refractivity contribution in [2.75, 3.05) is 19.6 Å². The first-order valence-electron chi connectivity index (χ1n) is 6.84. The summed E-state index contributed by atoms with van der Waals surface area (Å²) in [6.07, 6.45) is 3.17. The lowest BCUT2D eigenvalue weighted by atomic mass is 9.98. The molecule has 0 bridgehead atoms. The number of unbranched alkanes of at least 4 members (excludes halogenated alkanes) is 1. The van der Waals surface area contributed by atoms with Crippen LogP contribution in [0.3, 0.4) is 0 Å². The molecule has 0 aromatic heterocycles. The van der Waals surface area contributed by atoms with Crippen LogP contribution in [0.4, 0.5) is 0 Å². The van der Waals surface area contributed by atoms with E-state index in [1.165, 1.54) is 0 Å². The minimum Gasteiger partial charge on any atom is -0.370 e. The molecule has 0 aromatic carbocycles. The van der Waals surface area contributed by atoms with Gasteiger partial charge in [-0.15, -0.1) is 0 Å². The second-order valence-corrected chi connectivity index (χ2v) is 6.41. The maximum absolute atomic E-state index is 8.84. The van der Waals surface area contributed by atoms with Crippen molar-refractivity contribution >= 4 is 0 Å². The molecule has 2 atom stereocenters. The molecule has 0 saturated carbocycles. The van der Waals surface area contributed by atoms with E-state index in [9.17, 15) is 0 Å². The number of morpholine rings is 1. The Morgan fingerprint density at radius 3 is 2.72 bits per heavy atom. The van der Waals surface area contributed by atoms with E-state index >= 15 is 0 Å². The summed E-state index contributed by atoms with van der Waals surface area (Å²) >= 11 is 0. The van der Waals surface area contributed by atoms with Gasteiger partial charge in [0, 0.05) is 13.1 Å². The van der Waals surface area contributed by atoms with Crippen molar-refractivity contribution in [3.8, 4) is 6.07 Å². The quantitative estimate of drug-likeness (QED) is 0.760. The highest BCUT2D eigenvalue weighted by Gasteiger charge is 2.30. The fraction of sp³-hybridized carbons (Fsp3) is 0.929.